The SMILES string of the molecule is CC(C)(C)O[PH](=O)[O-].CC(C)(C)O[PH](=O)[O-].O.[Ca+2]. The minimum Gasteiger partial charge on any atom is -0.781 e. The Hall–Kier alpha value is 1.52. The summed E-state index contributed by atoms with van der Waals surface area (Å²) in [6.07, 6.45) is 0. The van der Waals surface area contributed by atoms with Crippen LogP contribution in [-0.2, 0) is 18.2 Å². The molecule has 18 heavy (non-hydrogen) atoms. The van der Waals surface area contributed by atoms with Crippen molar-refractivity contribution in [2.75, 3.05) is 0 Å². The smallest absolute Gasteiger partial charge is 0.781 e. The molecule has 0 spiro atoms. The maximum absolute atomic E-state index is 9.87. The van der Waals surface area contributed by atoms with Gasteiger partial charge in [0.05, 0.1) is 11.2 Å². The molecule has 7 nitrogen and oxygen atoms in total. The van der Waals surface area contributed by atoms with Gasteiger partial charge in [0.1, 0.15) is 16.5 Å². The second-order valence-corrected chi connectivity index (χ2v) is 6.34. The Balaban J connectivity index is -0.0000000980. The van der Waals surface area contributed by atoms with E-state index >= 15 is 0 Å². The third-order valence-corrected chi connectivity index (χ3v) is 2.34. The molecule has 0 bridgehead atoms. The van der Waals surface area contributed by atoms with Crippen LogP contribution in [0.5, 0.6) is 0 Å². The Morgan fingerprint density at radius 1 is 0.778 bits per heavy atom. The summed E-state index contributed by atoms with van der Waals surface area (Å²) < 4.78 is 28.6. The molecular formula is C8H22CaO7P2. The van der Waals surface area contributed by atoms with E-state index in [9.17, 15) is 18.9 Å². The quantitative estimate of drug-likeness (QED) is 0.512. The van der Waals surface area contributed by atoms with Gasteiger partial charge in [-0.3, -0.25) is 0 Å². The molecule has 0 saturated carbocycles. The van der Waals surface area contributed by atoms with Gasteiger partial charge in [0.15, 0.2) is 0 Å². The standard InChI is InChI=1S/2C4H11O3P.Ca.H2O/c2*1-4(2,3)7-8(5)6;;/h2*8H,1-3H3,(H,5,6);;1H2/q;;+2;/p-2. The summed E-state index contributed by atoms with van der Waals surface area (Å²) in [4.78, 5) is 19.7. The van der Waals surface area contributed by atoms with Crippen molar-refractivity contribution >= 4 is 54.2 Å². The van der Waals surface area contributed by atoms with Gasteiger partial charge < -0.3 is 33.4 Å². The van der Waals surface area contributed by atoms with E-state index in [0.29, 0.717) is 0 Å². The Morgan fingerprint density at radius 2 is 0.944 bits per heavy atom. The average molecular weight is 332 g/mol. The first-order chi connectivity index (χ1) is 6.83. The van der Waals surface area contributed by atoms with Crippen molar-refractivity contribution in [2.24, 2.45) is 0 Å². The first kappa shape index (κ1) is 27.8. The number of rotatable bonds is 2. The predicted molar refractivity (Wildman–Crippen MR) is 69.0 cm³/mol. The monoisotopic (exact) mass is 332 g/mol. The fourth-order valence-corrected chi connectivity index (χ4v) is 1.50. The molecular weight excluding hydrogens is 310 g/mol. The van der Waals surface area contributed by atoms with E-state index < -0.39 is 27.7 Å². The van der Waals surface area contributed by atoms with E-state index in [-0.39, 0.29) is 43.2 Å². The Labute approximate surface area is 139 Å². The van der Waals surface area contributed by atoms with E-state index in [4.69, 9.17) is 0 Å². The van der Waals surface area contributed by atoms with Crippen molar-refractivity contribution in [2.45, 2.75) is 52.7 Å². The minimum absolute atomic E-state index is 0. The third-order valence-electron chi connectivity index (χ3n) is 0.779. The molecule has 0 aromatic rings. The van der Waals surface area contributed by atoms with Crippen molar-refractivity contribution in [3.05, 3.63) is 0 Å². The summed E-state index contributed by atoms with van der Waals surface area (Å²) >= 11 is 0. The van der Waals surface area contributed by atoms with Crippen LogP contribution in [0.2, 0.25) is 0 Å². The minimum atomic E-state index is -2.99. The zero-order valence-corrected chi connectivity index (χ0v) is 15.9. The van der Waals surface area contributed by atoms with E-state index in [2.05, 4.69) is 9.05 Å². The maximum atomic E-state index is 9.87. The van der Waals surface area contributed by atoms with Crippen LogP contribution in [0, 0.1) is 0 Å². The molecule has 0 radical (unpaired) electrons. The van der Waals surface area contributed by atoms with Gasteiger partial charge in [-0.2, -0.15) is 0 Å². The molecule has 0 aliphatic rings. The Morgan fingerprint density at radius 3 is 0.944 bits per heavy atom. The molecule has 10 heteroatoms. The van der Waals surface area contributed by atoms with Gasteiger partial charge in [0.2, 0.25) is 0 Å². The first-order valence-electron chi connectivity index (χ1n) is 4.63. The molecule has 2 unspecified atom stereocenters. The summed E-state index contributed by atoms with van der Waals surface area (Å²) in [5.74, 6) is 0. The topological polar surface area (TPSA) is 130 Å². The summed E-state index contributed by atoms with van der Waals surface area (Å²) in [6.45, 7) is 10.1. The van der Waals surface area contributed by atoms with Gasteiger partial charge in [-0.15, -0.1) is 0 Å². The van der Waals surface area contributed by atoms with E-state index in [1.54, 1.807) is 41.5 Å². The third kappa shape index (κ3) is 36.0. The Bertz CT molecular complexity index is 221. The fraction of sp³-hybridized carbons (Fsp3) is 1.00. The molecule has 0 heterocycles. The van der Waals surface area contributed by atoms with Crippen molar-refractivity contribution in [1.82, 2.24) is 0 Å². The molecule has 2 atom stereocenters. The zero-order valence-electron chi connectivity index (χ0n) is 11.7. The van der Waals surface area contributed by atoms with Gasteiger partial charge in [-0.25, -0.2) is 0 Å². The molecule has 0 fully saturated rings. The fourth-order valence-electron chi connectivity index (χ4n) is 0.500. The molecule has 0 aliphatic carbocycles. The summed E-state index contributed by atoms with van der Waals surface area (Å²) in [5, 5.41) is 0. The second kappa shape index (κ2) is 12.3. The molecule has 2 N–H and O–H groups in total. The van der Waals surface area contributed by atoms with Crippen molar-refractivity contribution in [3.63, 3.8) is 0 Å². The van der Waals surface area contributed by atoms with Crippen molar-refractivity contribution in [3.8, 4) is 0 Å². The molecule has 0 aromatic carbocycles. The van der Waals surface area contributed by atoms with E-state index in [0.717, 1.165) is 0 Å². The first-order valence-corrected chi connectivity index (χ1v) is 7.08. The van der Waals surface area contributed by atoms with Crippen LogP contribution in [0.15, 0.2) is 0 Å². The van der Waals surface area contributed by atoms with Crippen LogP contribution >= 0.6 is 16.5 Å². The van der Waals surface area contributed by atoms with Crippen molar-refractivity contribution < 1.29 is 33.4 Å². The average Bonchev–Trinajstić information content (AvgIpc) is 1.72. The van der Waals surface area contributed by atoms with Crippen LogP contribution < -0.4 is 9.79 Å². The van der Waals surface area contributed by atoms with Crippen molar-refractivity contribution in [1.29, 1.82) is 0 Å². The van der Waals surface area contributed by atoms with Gasteiger partial charge in [0, 0.05) is 0 Å². The number of hydrogen-bond donors (Lipinski definition) is 0. The van der Waals surface area contributed by atoms with Gasteiger partial charge in [-0.1, -0.05) is 0 Å². The van der Waals surface area contributed by atoms with Crippen LogP contribution in [0.1, 0.15) is 41.5 Å². The van der Waals surface area contributed by atoms with Crippen LogP contribution in [-0.4, -0.2) is 54.4 Å². The van der Waals surface area contributed by atoms with E-state index in [1.807, 2.05) is 0 Å². The zero-order chi connectivity index (χ0) is 13.6. The van der Waals surface area contributed by atoms with Crippen LogP contribution in [0.25, 0.3) is 0 Å². The molecule has 0 rings (SSSR count). The number of hydrogen-bond acceptors (Lipinski definition) is 6. The largest absolute Gasteiger partial charge is 2.00 e. The van der Waals surface area contributed by atoms with E-state index in [1.165, 1.54) is 0 Å². The normalized spacial score (nSPS) is 14.2. The maximum Gasteiger partial charge on any atom is 2.00 e. The molecule has 108 valence electrons. The second-order valence-electron chi connectivity index (χ2n) is 4.93. The summed E-state index contributed by atoms with van der Waals surface area (Å²) in [6, 6.07) is 0. The van der Waals surface area contributed by atoms with Crippen LogP contribution in [0.3, 0.4) is 0 Å². The molecule has 0 amide bonds. The summed E-state index contributed by atoms with van der Waals surface area (Å²) in [5.41, 5.74) is -1.12. The Kier molecular flexibility index (Phi) is 19.0. The molecule has 0 aliphatic heterocycles. The van der Waals surface area contributed by atoms with Gasteiger partial charge in [-0.05, 0) is 41.5 Å². The van der Waals surface area contributed by atoms with Gasteiger partial charge >= 0.3 is 37.7 Å². The van der Waals surface area contributed by atoms with Crippen LogP contribution in [0.4, 0.5) is 0 Å². The predicted octanol–water partition coefficient (Wildman–Crippen LogP) is -0.103. The molecule has 0 aromatic heterocycles. The summed E-state index contributed by atoms with van der Waals surface area (Å²) in [7, 11) is -5.98. The molecule has 0 saturated heterocycles. The van der Waals surface area contributed by atoms with Gasteiger partial charge in [0.25, 0.3) is 0 Å².